The summed E-state index contributed by atoms with van der Waals surface area (Å²) in [5.41, 5.74) is 1.45. The van der Waals surface area contributed by atoms with Gasteiger partial charge in [0.15, 0.2) is 5.76 Å². The Morgan fingerprint density at radius 2 is 1.82 bits per heavy atom. The van der Waals surface area contributed by atoms with Gasteiger partial charge in [0.05, 0.1) is 7.11 Å². The number of methoxy groups -OCH3 is 1. The molecule has 0 radical (unpaired) electrons. The second kappa shape index (κ2) is 6.05. The number of hydrogen-bond acceptors (Lipinski definition) is 4. The van der Waals surface area contributed by atoms with Crippen LogP contribution in [-0.2, 0) is 5.41 Å². The Labute approximate surface area is 128 Å². The molecule has 1 aromatic heterocycles. The lowest BCUT2D eigenvalue weighted by Crippen LogP contribution is -2.16. The van der Waals surface area contributed by atoms with Gasteiger partial charge in [0.25, 0.3) is 5.91 Å². The lowest BCUT2D eigenvalue weighted by molar-refractivity contribution is 0.0993. The molecule has 1 amide bonds. The molecular formula is C17H19NO4. The fourth-order valence-corrected chi connectivity index (χ4v) is 1.91. The maximum Gasteiger partial charge on any atom is 0.291 e. The molecule has 5 heteroatoms. The van der Waals surface area contributed by atoms with E-state index in [1.165, 1.54) is 12.7 Å². The number of benzene rings is 1. The normalized spacial score (nSPS) is 11.1. The molecule has 0 bridgehead atoms. The van der Waals surface area contributed by atoms with E-state index in [1.54, 1.807) is 0 Å². The number of rotatable bonds is 3. The van der Waals surface area contributed by atoms with Gasteiger partial charge in [0, 0.05) is 11.8 Å². The number of anilines is 1. The zero-order valence-electron chi connectivity index (χ0n) is 13.1. The maximum atomic E-state index is 12.1. The first-order chi connectivity index (χ1) is 10.3. The highest BCUT2D eigenvalue weighted by molar-refractivity contribution is 6.02. The molecule has 22 heavy (non-hydrogen) atoms. The summed E-state index contributed by atoms with van der Waals surface area (Å²) in [6, 6.07) is 8.66. The van der Waals surface area contributed by atoms with Crippen LogP contribution in [0.3, 0.4) is 0 Å². The minimum absolute atomic E-state index is 0.0469. The minimum atomic E-state index is -0.483. The summed E-state index contributed by atoms with van der Waals surface area (Å²) in [5, 5.41) is 2.69. The van der Waals surface area contributed by atoms with E-state index in [9.17, 15) is 9.59 Å². The second-order valence-corrected chi connectivity index (χ2v) is 5.96. The molecule has 2 aromatic rings. The van der Waals surface area contributed by atoms with Crippen molar-refractivity contribution in [1.82, 2.24) is 0 Å². The summed E-state index contributed by atoms with van der Waals surface area (Å²) in [6.45, 7) is 6.35. The van der Waals surface area contributed by atoms with Gasteiger partial charge in [-0.1, -0.05) is 32.9 Å². The SMILES string of the molecule is COc1coc(C(=O)Nc2ccc(C(C)(C)C)cc2)cc1=O. The van der Waals surface area contributed by atoms with Crippen molar-refractivity contribution in [2.75, 3.05) is 12.4 Å². The Hall–Kier alpha value is -2.56. The Balaban J connectivity index is 2.15. The van der Waals surface area contributed by atoms with Crippen LogP contribution < -0.4 is 15.5 Å². The summed E-state index contributed by atoms with van der Waals surface area (Å²) in [6.07, 6.45) is 1.12. The van der Waals surface area contributed by atoms with E-state index >= 15 is 0 Å². The van der Waals surface area contributed by atoms with Gasteiger partial charge >= 0.3 is 0 Å². The summed E-state index contributed by atoms with van der Waals surface area (Å²) >= 11 is 0. The van der Waals surface area contributed by atoms with Crippen molar-refractivity contribution in [3.05, 3.63) is 58.1 Å². The fraction of sp³-hybridized carbons (Fsp3) is 0.294. The van der Waals surface area contributed by atoms with Crippen molar-refractivity contribution in [1.29, 1.82) is 0 Å². The van der Waals surface area contributed by atoms with Gasteiger partial charge in [-0.05, 0) is 23.1 Å². The first kappa shape index (κ1) is 15.8. The van der Waals surface area contributed by atoms with Crippen molar-refractivity contribution in [3.8, 4) is 5.75 Å². The van der Waals surface area contributed by atoms with Crippen molar-refractivity contribution in [2.45, 2.75) is 26.2 Å². The van der Waals surface area contributed by atoms with E-state index in [0.717, 1.165) is 12.3 Å². The molecule has 5 nitrogen and oxygen atoms in total. The predicted octanol–water partition coefficient (Wildman–Crippen LogP) is 3.20. The third kappa shape index (κ3) is 3.55. The zero-order chi connectivity index (χ0) is 16.3. The Bertz CT molecular complexity index is 724. The topological polar surface area (TPSA) is 68.5 Å². The number of amides is 1. The molecule has 0 saturated heterocycles. The minimum Gasteiger partial charge on any atom is -0.490 e. The largest absolute Gasteiger partial charge is 0.490 e. The molecule has 0 aliphatic rings. The highest BCUT2D eigenvalue weighted by atomic mass is 16.5. The van der Waals surface area contributed by atoms with Crippen LogP contribution in [0.2, 0.25) is 0 Å². The third-order valence-corrected chi connectivity index (χ3v) is 3.25. The third-order valence-electron chi connectivity index (χ3n) is 3.25. The van der Waals surface area contributed by atoms with Crippen LogP contribution in [-0.4, -0.2) is 13.0 Å². The average molecular weight is 301 g/mol. The molecule has 116 valence electrons. The number of carbonyl (C=O) groups excluding carboxylic acids is 1. The molecule has 0 saturated carbocycles. The molecule has 0 fully saturated rings. The summed E-state index contributed by atoms with van der Waals surface area (Å²) in [4.78, 5) is 23.7. The number of carbonyl (C=O) groups is 1. The highest BCUT2D eigenvalue weighted by Gasteiger charge is 2.15. The van der Waals surface area contributed by atoms with E-state index < -0.39 is 11.3 Å². The Kier molecular flexibility index (Phi) is 4.35. The van der Waals surface area contributed by atoms with E-state index in [2.05, 4.69) is 26.1 Å². The van der Waals surface area contributed by atoms with Gasteiger partial charge in [0.2, 0.25) is 11.2 Å². The highest BCUT2D eigenvalue weighted by Crippen LogP contribution is 2.23. The molecular weight excluding hydrogens is 282 g/mol. The first-order valence-electron chi connectivity index (χ1n) is 6.90. The fourth-order valence-electron chi connectivity index (χ4n) is 1.91. The van der Waals surface area contributed by atoms with Gasteiger partial charge in [-0.3, -0.25) is 9.59 Å². The van der Waals surface area contributed by atoms with Crippen molar-refractivity contribution < 1.29 is 13.9 Å². The van der Waals surface area contributed by atoms with Crippen LogP contribution in [0.4, 0.5) is 5.69 Å². The van der Waals surface area contributed by atoms with E-state index in [0.29, 0.717) is 5.69 Å². The quantitative estimate of drug-likeness (QED) is 0.945. The van der Waals surface area contributed by atoms with Crippen molar-refractivity contribution >= 4 is 11.6 Å². The Morgan fingerprint density at radius 3 is 2.32 bits per heavy atom. The molecule has 0 spiro atoms. The van der Waals surface area contributed by atoms with Gasteiger partial charge in [-0.2, -0.15) is 0 Å². The monoisotopic (exact) mass is 301 g/mol. The van der Waals surface area contributed by atoms with Crippen molar-refractivity contribution in [3.63, 3.8) is 0 Å². The number of hydrogen-bond donors (Lipinski definition) is 1. The summed E-state index contributed by atoms with van der Waals surface area (Å²) in [5.74, 6) is -0.486. The van der Waals surface area contributed by atoms with Crippen LogP contribution in [0.1, 0.15) is 36.9 Å². The first-order valence-corrected chi connectivity index (χ1v) is 6.90. The lowest BCUT2D eigenvalue weighted by atomic mass is 9.87. The van der Waals surface area contributed by atoms with Crippen LogP contribution >= 0.6 is 0 Å². The molecule has 0 aliphatic carbocycles. The maximum absolute atomic E-state index is 12.1. The van der Waals surface area contributed by atoms with Crippen LogP contribution in [0.15, 0.2) is 45.8 Å². The summed E-state index contributed by atoms with van der Waals surface area (Å²) < 4.78 is 9.91. The predicted molar refractivity (Wildman–Crippen MR) is 84.6 cm³/mol. The molecule has 0 atom stereocenters. The van der Waals surface area contributed by atoms with E-state index in [4.69, 9.17) is 9.15 Å². The summed E-state index contributed by atoms with van der Waals surface area (Å²) in [7, 11) is 1.36. The molecule has 2 rings (SSSR count). The molecule has 0 unspecified atom stereocenters. The molecule has 1 heterocycles. The van der Waals surface area contributed by atoms with Gasteiger partial charge < -0.3 is 14.5 Å². The van der Waals surface area contributed by atoms with Gasteiger partial charge in [0.1, 0.15) is 6.26 Å². The van der Waals surface area contributed by atoms with Crippen LogP contribution in [0.25, 0.3) is 0 Å². The van der Waals surface area contributed by atoms with Gasteiger partial charge in [-0.15, -0.1) is 0 Å². The van der Waals surface area contributed by atoms with Crippen LogP contribution in [0, 0.1) is 0 Å². The number of ether oxygens (including phenoxy) is 1. The second-order valence-electron chi connectivity index (χ2n) is 5.96. The standard InChI is InChI=1S/C17H19NO4/c1-17(2,3)11-5-7-12(8-6-11)18-16(20)14-9-13(19)15(21-4)10-22-14/h5-10H,1-4H3,(H,18,20). The molecule has 1 aromatic carbocycles. The average Bonchev–Trinajstić information content (AvgIpc) is 2.46. The van der Waals surface area contributed by atoms with Gasteiger partial charge in [-0.25, -0.2) is 0 Å². The van der Waals surface area contributed by atoms with Crippen LogP contribution in [0.5, 0.6) is 5.75 Å². The molecule has 1 N–H and O–H groups in total. The Morgan fingerprint density at radius 1 is 1.18 bits per heavy atom. The van der Waals surface area contributed by atoms with E-state index in [-0.39, 0.29) is 16.9 Å². The molecule has 0 aliphatic heterocycles. The van der Waals surface area contributed by atoms with E-state index in [1.807, 2.05) is 24.3 Å². The van der Waals surface area contributed by atoms with Crippen molar-refractivity contribution in [2.24, 2.45) is 0 Å². The lowest BCUT2D eigenvalue weighted by Gasteiger charge is -2.19. The zero-order valence-corrected chi connectivity index (χ0v) is 13.1. The smallest absolute Gasteiger partial charge is 0.291 e. The number of nitrogens with one attached hydrogen (secondary N) is 1.